The molecule has 7 nitrogen and oxygen atoms in total. The summed E-state index contributed by atoms with van der Waals surface area (Å²) < 4.78 is 63.0. The average molecular weight is 385 g/mol. The van der Waals surface area contributed by atoms with E-state index in [1.54, 1.807) is 44.2 Å². The van der Waals surface area contributed by atoms with Crippen LogP contribution in [0.3, 0.4) is 0 Å². The summed E-state index contributed by atoms with van der Waals surface area (Å²) in [6.07, 6.45) is -1.40. The van der Waals surface area contributed by atoms with Gasteiger partial charge in [-0.15, -0.1) is 0 Å². The summed E-state index contributed by atoms with van der Waals surface area (Å²) in [5.74, 6) is 0. The van der Waals surface area contributed by atoms with E-state index in [-0.39, 0.29) is 11.7 Å². The van der Waals surface area contributed by atoms with Gasteiger partial charge in [0.05, 0.1) is 11.0 Å². The number of primary sulfonamides is 1. The number of benzene rings is 2. The van der Waals surface area contributed by atoms with Crippen molar-refractivity contribution >= 4 is 20.1 Å². The lowest BCUT2D eigenvalue weighted by Gasteiger charge is -2.24. The second kappa shape index (κ2) is 7.22. The van der Waals surface area contributed by atoms with E-state index in [0.29, 0.717) is 5.56 Å². The smallest absolute Gasteiger partial charge is 0.294 e. The zero-order valence-electron chi connectivity index (χ0n) is 13.7. The Morgan fingerprint density at radius 3 is 1.96 bits per heavy atom. The lowest BCUT2D eigenvalue weighted by molar-refractivity contribution is 0.0272. The molecule has 25 heavy (non-hydrogen) atoms. The van der Waals surface area contributed by atoms with Crippen molar-refractivity contribution in [1.82, 2.24) is 0 Å². The molecule has 0 heterocycles. The third-order valence-corrected chi connectivity index (χ3v) is 5.26. The Labute approximate surface area is 147 Å². The van der Waals surface area contributed by atoms with Gasteiger partial charge in [0.15, 0.2) is 0 Å². The van der Waals surface area contributed by atoms with Crippen LogP contribution in [-0.2, 0) is 24.9 Å². The van der Waals surface area contributed by atoms with Gasteiger partial charge in [-0.2, -0.15) is 8.42 Å². The molecule has 1 unspecified atom stereocenters. The fourth-order valence-corrected chi connectivity index (χ4v) is 4.07. The summed E-state index contributed by atoms with van der Waals surface area (Å²) in [4.78, 5) is -0.981. The molecule has 1 atom stereocenters. The largest absolute Gasteiger partial charge is 0.366 e. The maximum Gasteiger partial charge on any atom is 0.294 e. The predicted molar refractivity (Wildman–Crippen MR) is 92.1 cm³/mol. The van der Waals surface area contributed by atoms with Crippen LogP contribution >= 0.6 is 0 Å². The van der Waals surface area contributed by atoms with E-state index < -0.39 is 36.0 Å². The average Bonchev–Trinajstić information content (AvgIpc) is 2.51. The Hall–Kier alpha value is -1.78. The molecule has 9 heteroatoms. The van der Waals surface area contributed by atoms with Gasteiger partial charge in [-0.25, -0.2) is 13.6 Å². The molecule has 136 valence electrons. The Balaban J connectivity index is 2.88. The molecule has 0 fully saturated rings. The van der Waals surface area contributed by atoms with Gasteiger partial charge in [-0.1, -0.05) is 36.4 Å². The first-order valence-electron chi connectivity index (χ1n) is 7.35. The minimum Gasteiger partial charge on any atom is -0.366 e. The van der Waals surface area contributed by atoms with E-state index in [1.165, 1.54) is 12.1 Å². The van der Waals surface area contributed by atoms with Gasteiger partial charge in [0.2, 0.25) is 10.0 Å². The van der Waals surface area contributed by atoms with Crippen molar-refractivity contribution in [1.29, 1.82) is 0 Å². The third kappa shape index (κ3) is 4.65. The molecule has 0 saturated carbocycles. The van der Waals surface area contributed by atoms with Gasteiger partial charge in [0, 0.05) is 5.56 Å². The molecule has 0 radical (unpaired) electrons. The summed E-state index contributed by atoms with van der Waals surface area (Å²) in [6.45, 7) is 3.45. The number of hydrogen-bond acceptors (Lipinski definition) is 5. The predicted octanol–water partition coefficient (Wildman–Crippen LogP) is 2.10. The van der Waals surface area contributed by atoms with Crippen LogP contribution in [0, 0.1) is 0 Å². The van der Waals surface area contributed by atoms with E-state index in [9.17, 15) is 21.4 Å². The monoisotopic (exact) mass is 385 g/mol. The molecule has 0 aliphatic carbocycles. The first-order chi connectivity index (χ1) is 11.5. The van der Waals surface area contributed by atoms with E-state index in [2.05, 4.69) is 0 Å². The molecule has 0 aliphatic heterocycles. The SMILES string of the molecule is CC(C)OC(c1ccccc1)c1c(S(N)(=O)=O)cccc1S(=O)(=O)O. The minimum atomic E-state index is -4.71. The Kier molecular flexibility index (Phi) is 5.65. The number of rotatable bonds is 6. The first-order valence-corrected chi connectivity index (χ1v) is 10.3. The van der Waals surface area contributed by atoms with Crippen LogP contribution < -0.4 is 5.14 Å². The molecule has 3 N–H and O–H groups in total. The highest BCUT2D eigenvalue weighted by atomic mass is 32.2. The highest BCUT2D eigenvalue weighted by Gasteiger charge is 2.31. The van der Waals surface area contributed by atoms with Crippen LogP contribution in [0.15, 0.2) is 58.3 Å². The molecule has 0 aliphatic rings. The molecular formula is C16H19NO6S2. The molecule has 0 spiro atoms. The van der Waals surface area contributed by atoms with Gasteiger partial charge >= 0.3 is 0 Å². The van der Waals surface area contributed by atoms with Crippen LogP contribution in [0.5, 0.6) is 0 Å². The van der Waals surface area contributed by atoms with E-state index >= 15 is 0 Å². The van der Waals surface area contributed by atoms with Crippen molar-refractivity contribution < 1.29 is 26.1 Å². The fraction of sp³-hybridized carbons (Fsp3) is 0.250. The zero-order valence-corrected chi connectivity index (χ0v) is 15.3. The maximum atomic E-state index is 12.0. The lowest BCUT2D eigenvalue weighted by Crippen LogP contribution is -2.22. The molecule has 0 bridgehead atoms. The normalized spacial score (nSPS) is 13.8. The summed E-state index contributed by atoms with van der Waals surface area (Å²) in [6, 6.07) is 12.0. The van der Waals surface area contributed by atoms with Gasteiger partial charge in [0.25, 0.3) is 10.1 Å². The molecule has 0 saturated heterocycles. The van der Waals surface area contributed by atoms with Gasteiger partial charge in [0.1, 0.15) is 11.0 Å². The Morgan fingerprint density at radius 1 is 0.920 bits per heavy atom. The standard InChI is InChI=1S/C16H19NO6S2/c1-11(2)23-16(12-7-4-3-5-8-12)15-13(24(17,18)19)9-6-10-14(15)25(20,21)22/h3-11,16H,1-2H3,(H2,17,18,19)(H,20,21,22). The molecule has 2 aromatic carbocycles. The minimum absolute atomic E-state index is 0.215. The van der Waals surface area contributed by atoms with E-state index in [4.69, 9.17) is 9.88 Å². The van der Waals surface area contributed by atoms with Crippen LogP contribution in [0.2, 0.25) is 0 Å². The maximum absolute atomic E-state index is 12.0. The number of nitrogens with two attached hydrogens (primary N) is 1. The Morgan fingerprint density at radius 2 is 1.48 bits per heavy atom. The number of ether oxygens (including phenoxy) is 1. The highest BCUT2D eigenvalue weighted by molar-refractivity contribution is 7.89. The fourth-order valence-electron chi connectivity index (χ4n) is 2.47. The third-order valence-electron chi connectivity index (χ3n) is 3.38. The molecule has 2 rings (SSSR count). The molecular weight excluding hydrogens is 366 g/mol. The van der Waals surface area contributed by atoms with Crippen molar-refractivity contribution in [2.75, 3.05) is 0 Å². The van der Waals surface area contributed by atoms with E-state index in [0.717, 1.165) is 6.07 Å². The highest BCUT2D eigenvalue weighted by Crippen LogP contribution is 2.36. The molecule has 2 aromatic rings. The summed E-state index contributed by atoms with van der Waals surface area (Å²) in [7, 11) is -8.97. The second-order valence-corrected chi connectivity index (χ2v) is 8.58. The molecule has 0 amide bonds. The summed E-state index contributed by atoms with van der Waals surface area (Å²) >= 11 is 0. The van der Waals surface area contributed by atoms with E-state index in [1.807, 2.05) is 0 Å². The van der Waals surface area contributed by atoms with Crippen molar-refractivity contribution in [3.8, 4) is 0 Å². The molecule has 0 aromatic heterocycles. The van der Waals surface area contributed by atoms with Crippen LogP contribution in [0.25, 0.3) is 0 Å². The summed E-state index contributed by atoms with van der Waals surface area (Å²) in [5.41, 5.74) is 0.310. The lowest BCUT2D eigenvalue weighted by atomic mass is 10.0. The van der Waals surface area contributed by atoms with Crippen LogP contribution in [0.4, 0.5) is 0 Å². The first kappa shape index (κ1) is 19.5. The van der Waals surface area contributed by atoms with Gasteiger partial charge in [-0.05, 0) is 31.5 Å². The quantitative estimate of drug-likeness (QED) is 0.734. The van der Waals surface area contributed by atoms with Crippen LogP contribution in [0.1, 0.15) is 31.1 Å². The number of sulfonamides is 1. The van der Waals surface area contributed by atoms with Gasteiger partial charge in [-0.3, -0.25) is 4.55 Å². The van der Waals surface area contributed by atoms with Crippen LogP contribution in [-0.4, -0.2) is 27.5 Å². The zero-order chi connectivity index (χ0) is 18.8. The number of hydrogen-bond donors (Lipinski definition) is 2. The Bertz CT molecular complexity index is 903. The summed E-state index contributed by atoms with van der Waals surface area (Å²) in [5, 5.41) is 5.26. The van der Waals surface area contributed by atoms with Crippen molar-refractivity contribution in [3.63, 3.8) is 0 Å². The van der Waals surface area contributed by atoms with Crippen molar-refractivity contribution in [2.24, 2.45) is 5.14 Å². The second-order valence-electron chi connectivity index (χ2n) is 5.66. The van der Waals surface area contributed by atoms with Crippen molar-refractivity contribution in [2.45, 2.75) is 35.8 Å². The topological polar surface area (TPSA) is 124 Å². The van der Waals surface area contributed by atoms with Gasteiger partial charge < -0.3 is 4.74 Å². The van der Waals surface area contributed by atoms with Crippen molar-refractivity contribution in [3.05, 3.63) is 59.7 Å².